The normalized spacial score (nSPS) is 22.4. The number of nitrogens with zero attached hydrogens (tertiary/aromatic N) is 3. The predicted octanol–water partition coefficient (Wildman–Crippen LogP) is 5.92. The van der Waals surface area contributed by atoms with E-state index >= 15 is 0 Å². The molecule has 2 heterocycles. The number of H-pyrrole nitrogens is 1. The van der Waals surface area contributed by atoms with E-state index in [2.05, 4.69) is 44.3 Å². The van der Waals surface area contributed by atoms with Crippen molar-refractivity contribution in [2.45, 2.75) is 75.8 Å². The molecule has 0 radical (unpaired) electrons. The maximum absolute atomic E-state index is 14.6. The summed E-state index contributed by atoms with van der Waals surface area (Å²) in [5, 5.41) is 2.44. The number of halogens is 2. The van der Waals surface area contributed by atoms with Gasteiger partial charge in [-0.05, 0) is 72.3 Å². The Morgan fingerprint density at radius 1 is 1.13 bits per heavy atom. The van der Waals surface area contributed by atoms with E-state index in [-0.39, 0.29) is 12.2 Å². The molecule has 11 heteroatoms. The molecule has 9 nitrogen and oxygen atoms in total. The number of carbonyl (C=O) groups excluding carboxylic acids is 2. The lowest BCUT2D eigenvalue weighted by atomic mass is 9.82. The van der Waals surface area contributed by atoms with Gasteiger partial charge in [0.05, 0.1) is 37.3 Å². The molecule has 2 aliphatic carbocycles. The summed E-state index contributed by atoms with van der Waals surface area (Å²) < 4.78 is 33.9. The number of imidazole rings is 1. The van der Waals surface area contributed by atoms with Gasteiger partial charge in [0.25, 0.3) is 5.92 Å². The number of alkyl halides is 2. The maximum atomic E-state index is 14.6. The lowest BCUT2D eigenvalue weighted by Gasteiger charge is -2.27. The first-order valence-electron chi connectivity index (χ1n) is 15.8. The van der Waals surface area contributed by atoms with Crippen LogP contribution in [0.25, 0.3) is 22.4 Å². The lowest BCUT2D eigenvalue weighted by molar-refractivity contribution is -0.135. The number of rotatable bonds is 9. The summed E-state index contributed by atoms with van der Waals surface area (Å²) in [6.45, 7) is 4.11. The van der Waals surface area contributed by atoms with Crippen LogP contribution >= 0.6 is 0 Å². The highest BCUT2D eigenvalue weighted by Crippen LogP contribution is 2.57. The van der Waals surface area contributed by atoms with Crippen molar-refractivity contribution >= 4 is 17.7 Å². The van der Waals surface area contributed by atoms with Crippen LogP contribution in [0.4, 0.5) is 13.6 Å². The summed E-state index contributed by atoms with van der Waals surface area (Å²) in [5.41, 5.74) is 15.0. The van der Waals surface area contributed by atoms with Crippen LogP contribution in [0.3, 0.4) is 0 Å². The highest BCUT2D eigenvalue weighted by atomic mass is 19.3. The number of likely N-dealkylation sites (tertiary alicyclic amines) is 1. The van der Waals surface area contributed by atoms with Gasteiger partial charge in [-0.25, -0.2) is 18.6 Å². The molecule has 4 N–H and O–H groups in total. The van der Waals surface area contributed by atoms with Crippen LogP contribution in [0.15, 0.2) is 47.6 Å². The van der Waals surface area contributed by atoms with Gasteiger partial charge < -0.3 is 25.7 Å². The molecule has 4 unspecified atom stereocenters. The second-order valence-corrected chi connectivity index (χ2v) is 12.2. The Bertz CT molecular complexity index is 1620. The van der Waals surface area contributed by atoms with Crippen molar-refractivity contribution in [2.75, 3.05) is 26.7 Å². The van der Waals surface area contributed by atoms with E-state index in [1.165, 1.54) is 48.6 Å². The van der Waals surface area contributed by atoms with Crippen molar-refractivity contribution in [3.05, 3.63) is 65.1 Å². The first kappa shape index (κ1) is 30.9. The second kappa shape index (κ2) is 12.3. The number of methoxy groups -OCH3 is 1. The zero-order valence-electron chi connectivity index (χ0n) is 25.9. The molecule has 2 aromatic carbocycles. The Morgan fingerprint density at radius 3 is 2.51 bits per heavy atom. The van der Waals surface area contributed by atoms with Crippen LogP contribution in [0.1, 0.15) is 86.3 Å². The van der Waals surface area contributed by atoms with Crippen LogP contribution in [0, 0.1) is 0 Å². The summed E-state index contributed by atoms with van der Waals surface area (Å²) in [7, 11) is 1.18. The van der Waals surface area contributed by atoms with E-state index in [1.54, 1.807) is 13.1 Å². The van der Waals surface area contributed by atoms with Crippen molar-refractivity contribution in [3.63, 3.8) is 0 Å². The molecular formula is C34H40F2N6O3. The van der Waals surface area contributed by atoms with Crippen LogP contribution in [0.2, 0.25) is 0 Å². The number of aromatic nitrogens is 2. The molecule has 3 aromatic rings. The maximum Gasteiger partial charge on any atom is 0.407 e. The van der Waals surface area contributed by atoms with Gasteiger partial charge in [0.15, 0.2) is 0 Å². The number of ether oxygens (including phenoxy) is 1. The SMILES string of the molecule is CCN=C(CN)c1ccc(-c2ccc(-c3cnc(C4CC(F)(F)CN4C(=O)C(CC)NC(=O)OC)[nH]3)cc2)c2c1C1CCC2C1. The summed E-state index contributed by atoms with van der Waals surface area (Å²) in [6.07, 6.45) is 4.07. The molecular weight excluding hydrogens is 578 g/mol. The smallest absolute Gasteiger partial charge is 0.407 e. The molecule has 0 spiro atoms. The summed E-state index contributed by atoms with van der Waals surface area (Å²) in [5.74, 6) is -2.31. The van der Waals surface area contributed by atoms with Gasteiger partial charge in [-0.1, -0.05) is 43.3 Å². The number of alkyl carbamates (subject to hydrolysis) is 1. The molecule has 3 aliphatic rings. The summed E-state index contributed by atoms with van der Waals surface area (Å²) in [6, 6.07) is 10.6. The first-order chi connectivity index (χ1) is 21.7. The number of aliphatic imine (C=N–C) groups is 1. The van der Waals surface area contributed by atoms with Crippen molar-refractivity contribution in [2.24, 2.45) is 10.7 Å². The monoisotopic (exact) mass is 618 g/mol. The van der Waals surface area contributed by atoms with Crippen molar-refractivity contribution in [1.82, 2.24) is 20.2 Å². The standard InChI is InChI=1S/C34H40F2N6O3/c1-4-25(41-33(44)45-3)32(43)42-18-34(35,36)15-28(42)31-39-17-27(40-31)20-8-6-19(7-9-20)23-12-13-24(26(16-37)38-5-2)30-22-11-10-21(14-22)29(23)30/h6-9,12-13,17,21-22,25,28H,4-5,10-11,14-16,18,37H2,1-3H3,(H,39,40)(H,41,44). The highest BCUT2D eigenvalue weighted by Gasteiger charge is 2.50. The molecule has 4 atom stereocenters. The van der Waals surface area contributed by atoms with Crippen LogP contribution in [-0.4, -0.2) is 71.3 Å². The fourth-order valence-electron chi connectivity index (χ4n) is 7.49. The molecule has 1 saturated carbocycles. The van der Waals surface area contributed by atoms with E-state index in [0.717, 1.165) is 21.7 Å². The average molecular weight is 619 g/mol. The molecule has 6 rings (SSSR count). The third-order valence-electron chi connectivity index (χ3n) is 9.54. The molecule has 1 aliphatic heterocycles. The average Bonchev–Trinajstić information content (AvgIpc) is 3.85. The second-order valence-electron chi connectivity index (χ2n) is 12.2. The zero-order chi connectivity index (χ0) is 31.9. The number of hydrogen-bond donors (Lipinski definition) is 3. The van der Waals surface area contributed by atoms with Gasteiger partial charge >= 0.3 is 6.09 Å². The van der Waals surface area contributed by atoms with Crippen molar-refractivity contribution in [1.29, 1.82) is 0 Å². The van der Waals surface area contributed by atoms with E-state index in [1.807, 2.05) is 19.1 Å². The molecule has 1 aromatic heterocycles. The Hall–Kier alpha value is -4.12. The number of aromatic amines is 1. The molecule has 2 amide bonds. The minimum Gasteiger partial charge on any atom is -0.453 e. The Morgan fingerprint density at radius 2 is 1.84 bits per heavy atom. The topological polar surface area (TPSA) is 126 Å². The quantitative estimate of drug-likeness (QED) is 0.257. The molecule has 1 saturated heterocycles. The predicted molar refractivity (Wildman–Crippen MR) is 169 cm³/mol. The van der Waals surface area contributed by atoms with Gasteiger partial charge in [-0.3, -0.25) is 9.79 Å². The highest BCUT2D eigenvalue weighted by molar-refractivity contribution is 6.04. The van der Waals surface area contributed by atoms with Gasteiger partial charge in [-0.2, -0.15) is 0 Å². The van der Waals surface area contributed by atoms with E-state index < -0.39 is 43.0 Å². The molecule has 2 fully saturated rings. The number of hydrogen-bond acceptors (Lipinski definition) is 6. The third-order valence-corrected chi connectivity index (χ3v) is 9.54. The van der Waals surface area contributed by atoms with Crippen LogP contribution in [0.5, 0.6) is 0 Å². The van der Waals surface area contributed by atoms with Gasteiger partial charge in [-0.15, -0.1) is 0 Å². The molecule has 238 valence electrons. The summed E-state index contributed by atoms with van der Waals surface area (Å²) in [4.78, 5) is 38.4. The number of amides is 2. The van der Waals surface area contributed by atoms with Crippen molar-refractivity contribution < 1.29 is 23.1 Å². The number of fused-ring (bicyclic) bond motifs is 5. The summed E-state index contributed by atoms with van der Waals surface area (Å²) >= 11 is 0. The Balaban J connectivity index is 1.26. The largest absolute Gasteiger partial charge is 0.453 e. The Labute approximate surface area is 261 Å². The zero-order valence-corrected chi connectivity index (χ0v) is 25.9. The van der Waals surface area contributed by atoms with Gasteiger partial charge in [0, 0.05) is 25.1 Å². The lowest BCUT2D eigenvalue weighted by Crippen LogP contribution is -2.48. The van der Waals surface area contributed by atoms with E-state index in [9.17, 15) is 18.4 Å². The number of nitrogens with one attached hydrogen (secondary N) is 2. The fourth-order valence-corrected chi connectivity index (χ4v) is 7.49. The van der Waals surface area contributed by atoms with Gasteiger partial charge in [0.2, 0.25) is 5.91 Å². The number of benzene rings is 2. The molecule has 2 bridgehead atoms. The van der Waals surface area contributed by atoms with E-state index in [4.69, 9.17) is 10.7 Å². The minimum absolute atomic E-state index is 0.228. The molecule has 45 heavy (non-hydrogen) atoms. The number of nitrogens with two attached hydrogens (primary N) is 1. The number of carbonyl (C=O) groups is 2. The van der Waals surface area contributed by atoms with Crippen LogP contribution in [-0.2, 0) is 9.53 Å². The fraction of sp³-hybridized carbons (Fsp3) is 0.471. The van der Waals surface area contributed by atoms with Crippen molar-refractivity contribution in [3.8, 4) is 22.4 Å². The minimum atomic E-state index is -3.08. The van der Waals surface area contributed by atoms with Gasteiger partial charge in [0.1, 0.15) is 11.9 Å². The third kappa shape index (κ3) is 5.74. The first-order valence-corrected chi connectivity index (χ1v) is 15.8. The van der Waals surface area contributed by atoms with Crippen LogP contribution < -0.4 is 11.1 Å². The Kier molecular flexibility index (Phi) is 8.47. The van der Waals surface area contributed by atoms with E-state index in [0.29, 0.717) is 30.6 Å².